The summed E-state index contributed by atoms with van der Waals surface area (Å²) in [7, 11) is 0. The van der Waals surface area contributed by atoms with Crippen molar-refractivity contribution in [1.82, 2.24) is 0 Å². The van der Waals surface area contributed by atoms with Crippen molar-refractivity contribution < 1.29 is 14.3 Å². The molecular weight excluding hydrogens is 228 g/mol. The molecule has 3 nitrogen and oxygen atoms in total. The molecule has 0 spiro atoms. The van der Waals surface area contributed by atoms with Crippen molar-refractivity contribution in [3.63, 3.8) is 0 Å². The minimum atomic E-state index is -0.840. The Hall–Kier alpha value is -1.35. The predicted octanol–water partition coefficient (Wildman–Crippen LogP) is 2.70. The van der Waals surface area contributed by atoms with Gasteiger partial charge in [-0.3, -0.25) is 4.79 Å². The van der Waals surface area contributed by atoms with Crippen molar-refractivity contribution >= 4 is 23.4 Å². The first-order valence-corrected chi connectivity index (χ1v) is 5.33. The summed E-state index contributed by atoms with van der Waals surface area (Å²) in [4.78, 5) is 23.0. The van der Waals surface area contributed by atoms with Gasteiger partial charge < -0.3 is 4.74 Å². The van der Waals surface area contributed by atoms with Gasteiger partial charge in [0.05, 0.1) is 6.61 Å². The molecule has 0 aromatic heterocycles. The molecule has 4 heteroatoms. The number of carbonyl (C=O) groups is 2. The zero-order chi connectivity index (χ0) is 12.3. The Morgan fingerprint density at radius 2 is 1.94 bits per heavy atom. The minimum Gasteiger partial charge on any atom is -0.460 e. The lowest BCUT2D eigenvalue weighted by Gasteiger charge is -2.08. The lowest BCUT2D eigenvalue weighted by Crippen LogP contribution is -2.18. The molecule has 0 aliphatic heterocycles. The van der Waals surface area contributed by atoms with Crippen LogP contribution in [0.5, 0.6) is 0 Å². The molecule has 0 bridgehead atoms. The number of ether oxygens (including phenoxy) is 1. The second-order valence-corrected chi connectivity index (χ2v) is 3.88. The van der Waals surface area contributed by atoms with Gasteiger partial charge in [0.2, 0.25) is 0 Å². The second-order valence-electron chi connectivity index (χ2n) is 3.44. The quantitative estimate of drug-likeness (QED) is 0.464. The van der Waals surface area contributed by atoms with Crippen molar-refractivity contribution in [3.05, 3.63) is 33.8 Å². The molecule has 16 heavy (non-hydrogen) atoms. The van der Waals surface area contributed by atoms with Gasteiger partial charge in [0.25, 0.3) is 5.78 Å². The standard InChI is InChI=1S/C12H13ClO3/c1-4-16-12(15)11(14)10-6-9(13)5-7(2)8(10)3/h5-6H,4H2,1-3H3. The number of ketones is 1. The number of hydrogen-bond acceptors (Lipinski definition) is 3. The van der Waals surface area contributed by atoms with Crippen molar-refractivity contribution in [2.24, 2.45) is 0 Å². The molecule has 0 saturated heterocycles. The fourth-order valence-electron chi connectivity index (χ4n) is 1.36. The fraction of sp³-hybridized carbons (Fsp3) is 0.333. The van der Waals surface area contributed by atoms with Crippen LogP contribution in [-0.2, 0) is 9.53 Å². The van der Waals surface area contributed by atoms with Crippen LogP contribution < -0.4 is 0 Å². The second kappa shape index (κ2) is 5.12. The Morgan fingerprint density at radius 1 is 1.31 bits per heavy atom. The first-order chi connectivity index (χ1) is 7.47. The maximum Gasteiger partial charge on any atom is 0.379 e. The molecule has 0 aliphatic rings. The summed E-state index contributed by atoms with van der Waals surface area (Å²) in [5.41, 5.74) is 1.94. The van der Waals surface area contributed by atoms with Gasteiger partial charge in [-0.05, 0) is 44.0 Å². The van der Waals surface area contributed by atoms with Gasteiger partial charge in [-0.25, -0.2) is 4.79 Å². The van der Waals surface area contributed by atoms with Crippen LogP contribution in [0.25, 0.3) is 0 Å². The van der Waals surface area contributed by atoms with Gasteiger partial charge in [-0.15, -0.1) is 0 Å². The SMILES string of the molecule is CCOC(=O)C(=O)c1cc(Cl)cc(C)c1C. The first kappa shape index (κ1) is 12.7. The van der Waals surface area contributed by atoms with Gasteiger partial charge in [0, 0.05) is 10.6 Å². The largest absolute Gasteiger partial charge is 0.460 e. The summed E-state index contributed by atoms with van der Waals surface area (Å²) in [5, 5.41) is 0.441. The zero-order valence-electron chi connectivity index (χ0n) is 9.46. The molecule has 1 aromatic rings. The van der Waals surface area contributed by atoms with Crippen molar-refractivity contribution in [3.8, 4) is 0 Å². The number of esters is 1. The van der Waals surface area contributed by atoms with E-state index in [1.165, 1.54) is 6.07 Å². The molecular formula is C12H13ClO3. The lowest BCUT2D eigenvalue weighted by atomic mass is 10.0. The summed E-state index contributed by atoms with van der Waals surface area (Å²) >= 11 is 5.84. The average Bonchev–Trinajstić information content (AvgIpc) is 2.22. The van der Waals surface area contributed by atoms with Gasteiger partial charge >= 0.3 is 5.97 Å². The van der Waals surface area contributed by atoms with Crippen LogP contribution in [0.15, 0.2) is 12.1 Å². The highest BCUT2D eigenvalue weighted by Gasteiger charge is 2.20. The van der Waals surface area contributed by atoms with Crippen molar-refractivity contribution in [2.45, 2.75) is 20.8 Å². The maximum absolute atomic E-state index is 11.7. The number of halogens is 1. The van der Waals surface area contributed by atoms with Crippen LogP contribution in [0.2, 0.25) is 5.02 Å². The van der Waals surface area contributed by atoms with Gasteiger partial charge in [0.15, 0.2) is 0 Å². The molecule has 0 amide bonds. The average molecular weight is 241 g/mol. The molecule has 0 unspecified atom stereocenters. The monoisotopic (exact) mass is 240 g/mol. The van der Waals surface area contributed by atoms with Crippen molar-refractivity contribution in [2.75, 3.05) is 6.61 Å². The highest BCUT2D eigenvalue weighted by molar-refractivity contribution is 6.41. The summed E-state index contributed by atoms with van der Waals surface area (Å²) in [6.07, 6.45) is 0. The molecule has 1 rings (SSSR count). The maximum atomic E-state index is 11.7. The van der Waals surface area contributed by atoms with Crippen LogP contribution in [0.4, 0.5) is 0 Å². The van der Waals surface area contributed by atoms with E-state index in [-0.39, 0.29) is 6.61 Å². The van der Waals surface area contributed by atoms with Crippen molar-refractivity contribution in [1.29, 1.82) is 0 Å². The third-order valence-electron chi connectivity index (χ3n) is 2.34. The summed E-state index contributed by atoms with van der Waals surface area (Å²) in [5.74, 6) is -1.49. The van der Waals surface area contributed by atoms with E-state index in [1.807, 2.05) is 6.92 Å². The Bertz CT molecular complexity index is 438. The van der Waals surface area contributed by atoms with Crippen LogP contribution in [-0.4, -0.2) is 18.4 Å². The summed E-state index contributed by atoms with van der Waals surface area (Å²) < 4.78 is 4.66. The number of Topliss-reactive ketones (excluding diaryl/α,β-unsaturated/α-hetero) is 1. The molecule has 0 heterocycles. The third-order valence-corrected chi connectivity index (χ3v) is 2.56. The molecule has 0 N–H and O–H groups in total. The molecule has 0 radical (unpaired) electrons. The fourth-order valence-corrected chi connectivity index (χ4v) is 1.63. The normalized spacial score (nSPS) is 10.0. The molecule has 0 fully saturated rings. The van der Waals surface area contributed by atoms with Crippen LogP contribution in [0.3, 0.4) is 0 Å². The van der Waals surface area contributed by atoms with Gasteiger partial charge in [-0.2, -0.15) is 0 Å². The van der Waals surface area contributed by atoms with Crippen LogP contribution >= 0.6 is 11.6 Å². The number of rotatable bonds is 3. The van der Waals surface area contributed by atoms with E-state index < -0.39 is 11.8 Å². The van der Waals surface area contributed by atoms with E-state index in [0.29, 0.717) is 10.6 Å². The molecule has 86 valence electrons. The molecule has 0 atom stereocenters. The van der Waals surface area contributed by atoms with Gasteiger partial charge in [0.1, 0.15) is 0 Å². The number of carbonyl (C=O) groups excluding carboxylic acids is 2. The third kappa shape index (κ3) is 2.61. The van der Waals surface area contributed by atoms with E-state index >= 15 is 0 Å². The smallest absolute Gasteiger partial charge is 0.379 e. The lowest BCUT2D eigenvalue weighted by molar-refractivity contribution is -0.137. The van der Waals surface area contributed by atoms with E-state index in [2.05, 4.69) is 4.74 Å². The zero-order valence-corrected chi connectivity index (χ0v) is 10.2. The molecule has 0 saturated carbocycles. The van der Waals surface area contributed by atoms with E-state index in [9.17, 15) is 9.59 Å². The molecule has 1 aromatic carbocycles. The first-order valence-electron chi connectivity index (χ1n) is 4.95. The Balaban J connectivity index is 3.13. The minimum absolute atomic E-state index is 0.184. The summed E-state index contributed by atoms with van der Waals surface area (Å²) in [6.45, 7) is 5.45. The van der Waals surface area contributed by atoms with Gasteiger partial charge in [-0.1, -0.05) is 11.6 Å². The Kier molecular flexibility index (Phi) is 4.07. The highest BCUT2D eigenvalue weighted by atomic mass is 35.5. The Labute approximate surface area is 99.4 Å². The van der Waals surface area contributed by atoms with Crippen LogP contribution in [0, 0.1) is 13.8 Å². The number of benzene rings is 1. The van der Waals surface area contributed by atoms with Crippen LogP contribution in [0.1, 0.15) is 28.4 Å². The molecule has 0 aliphatic carbocycles. The number of aryl methyl sites for hydroxylation is 1. The Morgan fingerprint density at radius 3 is 2.50 bits per heavy atom. The topological polar surface area (TPSA) is 43.4 Å². The van der Waals surface area contributed by atoms with E-state index in [0.717, 1.165) is 11.1 Å². The predicted molar refractivity (Wildman–Crippen MR) is 61.9 cm³/mol. The number of hydrogen-bond donors (Lipinski definition) is 0. The van der Waals surface area contributed by atoms with E-state index in [1.54, 1.807) is 19.9 Å². The van der Waals surface area contributed by atoms with E-state index in [4.69, 9.17) is 11.6 Å². The highest BCUT2D eigenvalue weighted by Crippen LogP contribution is 2.20. The summed E-state index contributed by atoms with van der Waals surface area (Å²) in [6, 6.07) is 3.24.